The number of ether oxygens (including phenoxy) is 2. The molecule has 0 aliphatic heterocycles. The molecule has 0 atom stereocenters. The quantitative estimate of drug-likeness (QED) is 0.806. The standard InChI is InChI=1S/C18H19Cl2NO3/c1-23-15-5-6-17(24-2)13(9-15)10-18(22)21-8-7-12-3-4-14(19)11-16(12)20/h3-6,9,11H,7-8,10H2,1-2H3,(H,21,22). The molecule has 6 heteroatoms. The van der Waals surface area contributed by atoms with E-state index < -0.39 is 0 Å². The van der Waals surface area contributed by atoms with Crippen LogP contribution in [0.3, 0.4) is 0 Å². The molecular weight excluding hydrogens is 349 g/mol. The van der Waals surface area contributed by atoms with Gasteiger partial charge in [-0.1, -0.05) is 29.3 Å². The summed E-state index contributed by atoms with van der Waals surface area (Å²) in [6, 6.07) is 10.7. The van der Waals surface area contributed by atoms with E-state index in [9.17, 15) is 4.79 Å². The van der Waals surface area contributed by atoms with E-state index in [4.69, 9.17) is 32.7 Å². The number of carbonyl (C=O) groups is 1. The summed E-state index contributed by atoms with van der Waals surface area (Å²) in [6.07, 6.45) is 0.853. The minimum atomic E-state index is -0.0911. The average molecular weight is 368 g/mol. The van der Waals surface area contributed by atoms with Gasteiger partial charge in [-0.25, -0.2) is 0 Å². The summed E-state index contributed by atoms with van der Waals surface area (Å²) in [7, 11) is 3.16. The van der Waals surface area contributed by atoms with Crippen molar-refractivity contribution in [2.45, 2.75) is 12.8 Å². The van der Waals surface area contributed by atoms with Crippen LogP contribution in [0.2, 0.25) is 10.0 Å². The van der Waals surface area contributed by atoms with Crippen molar-refractivity contribution in [2.24, 2.45) is 0 Å². The van der Waals surface area contributed by atoms with Crippen molar-refractivity contribution in [1.82, 2.24) is 5.32 Å². The monoisotopic (exact) mass is 367 g/mol. The van der Waals surface area contributed by atoms with E-state index in [-0.39, 0.29) is 12.3 Å². The maximum atomic E-state index is 12.1. The molecule has 1 N–H and O–H groups in total. The number of halogens is 2. The number of carbonyl (C=O) groups excluding carboxylic acids is 1. The summed E-state index contributed by atoms with van der Waals surface area (Å²) >= 11 is 12.0. The molecule has 0 aromatic heterocycles. The zero-order valence-electron chi connectivity index (χ0n) is 13.6. The largest absolute Gasteiger partial charge is 0.497 e. The van der Waals surface area contributed by atoms with Crippen LogP contribution in [-0.2, 0) is 17.6 Å². The van der Waals surface area contributed by atoms with E-state index in [1.165, 1.54) is 0 Å². The second-order valence-corrected chi connectivity index (χ2v) is 6.03. The SMILES string of the molecule is COc1ccc(OC)c(CC(=O)NCCc2ccc(Cl)cc2Cl)c1. The first-order valence-corrected chi connectivity index (χ1v) is 8.20. The minimum Gasteiger partial charge on any atom is -0.497 e. The van der Waals surface area contributed by atoms with E-state index in [1.807, 2.05) is 6.07 Å². The van der Waals surface area contributed by atoms with Crippen molar-refractivity contribution in [3.63, 3.8) is 0 Å². The summed E-state index contributed by atoms with van der Waals surface area (Å²) in [5, 5.41) is 4.08. The molecule has 0 aliphatic carbocycles. The van der Waals surface area contributed by atoms with Gasteiger partial charge in [0.05, 0.1) is 20.6 Å². The highest BCUT2D eigenvalue weighted by molar-refractivity contribution is 6.35. The van der Waals surface area contributed by atoms with Crippen molar-refractivity contribution in [3.8, 4) is 11.5 Å². The summed E-state index contributed by atoms with van der Waals surface area (Å²) in [5.41, 5.74) is 1.72. The summed E-state index contributed by atoms with van der Waals surface area (Å²) in [5.74, 6) is 1.25. The Balaban J connectivity index is 1.91. The predicted octanol–water partition coefficient (Wildman–Crippen LogP) is 3.91. The molecule has 0 radical (unpaired) electrons. The zero-order chi connectivity index (χ0) is 17.5. The Morgan fingerprint density at radius 1 is 1.04 bits per heavy atom. The molecule has 1 amide bonds. The predicted molar refractivity (Wildman–Crippen MR) is 96.4 cm³/mol. The Labute approximate surface area is 151 Å². The number of nitrogens with one attached hydrogen (secondary N) is 1. The maximum absolute atomic E-state index is 12.1. The van der Waals surface area contributed by atoms with Crippen LogP contribution in [0.1, 0.15) is 11.1 Å². The molecule has 0 bridgehead atoms. The molecule has 0 saturated carbocycles. The van der Waals surface area contributed by atoms with Gasteiger partial charge in [0.1, 0.15) is 11.5 Å². The number of hydrogen-bond acceptors (Lipinski definition) is 3. The van der Waals surface area contributed by atoms with Crippen molar-refractivity contribution in [3.05, 3.63) is 57.6 Å². The number of rotatable bonds is 7. The van der Waals surface area contributed by atoms with Crippen molar-refractivity contribution >= 4 is 29.1 Å². The van der Waals surface area contributed by atoms with Crippen LogP contribution < -0.4 is 14.8 Å². The lowest BCUT2D eigenvalue weighted by Crippen LogP contribution is -2.27. The Hall–Kier alpha value is -1.91. The Morgan fingerprint density at radius 3 is 2.50 bits per heavy atom. The fourth-order valence-electron chi connectivity index (χ4n) is 2.32. The third kappa shape index (κ3) is 5.05. The van der Waals surface area contributed by atoms with Crippen LogP contribution in [0, 0.1) is 0 Å². The van der Waals surface area contributed by atoms with E-state index >= 15 is 0 Å². The highest BCUT2D eigenvalue weighted by Gasteiger charge is 2.10. The van der Waals surface area contributed by atoms with Gasteiger partial charge in [0, 0.05) is 22.2 Å². The van der Waals surface area contributed by atoms with Gasteiger partial charge in [0.25, 0.3) is 0 Å². The number of benzene rings is 2. The molecule has 2 aromatic rings. The van der Waals surface area contributed by atoms with Gasteiger partial charge in [-0.3, -0.25) is 4.79 Å². The minimum absolute atomic E-state index is 0.0911. The van der Waals surface area contributed by atoms with Gasteiger partial charge >= 0.3 is 0 Å². The van der Waals surface area contributed by atoms with Crippen LogP contribution in [0.15, 0.2) is 36.4 Å². The normalized spacial score (nSPS) is 10.3. The number of hydrogen-bond donors (Lipinski definition) is 1. The van der Waals surface area contributed by atoms with Crippen molar-refractivity contribution in [1.29, 1.82) is 0 Å². The molecule has 128 valence electrons. The zero-order valence-corrected chi connectivity index (χ0v) is 15.1. The van der Waals surface area contributed by atoms with Crippen molar-refractivity contribution in [2.75, 3.05) is 20.8 Å². The van der Waals surface area contributed by atoms with E-state index in [2.05, 4.69) is 5.32 Å². The second-order valence-electron chi connectivity index (χ2n) is 5.19. The molecule has 2 aromatic carbocycles. The summed E-state index contributed by atoms with van der Waals surface area (Å²) in [4.78, 5) is 12.1. The van der Waals surface area contributed by atoms with Gasteiger partial charge in [-0.05, 0) is 42.3 Å². The lowest BCUT2D eigenvalue weighted by Gasteiger charge is -2.11. The van der Waals surface area contributed by atoms with Crippen LogP contribution in [0.4, 0.5) is 0 Å². The van der Waals surface area contributed by atoms with Crippen LogP contribution >= 0.6 is 23.2 Å². The van der Waals surface area contributed by atoms with Gasteiger partial charge in [-0.15, -0.1) is 0 Å². The molecule has 4 nitrogen and oxygen atoms in total. The maximum Gasteiger partial charge on any atom is 0.224 e. The third-order valence-corrected chi connectivity index (χ3v) is 4.16. The molecule has 0 heterocycles. The van der Waals surface area contributed by atoms with Gasteiger partial charge in [0.15, 0.2) is 0 Å². The molecule has 2 rings (SSSR count). The van der Waals surface area contributed by atoms with Gasteiger partial charge in [-0.2, -0.15) is 0 Å². The topological polar surface area (TPSA) is 47.6 Å². The van der Waals surface area contributed by atoms with Crippen LogP contribution in [-0.4, -0.2) is 26.7 Å². The highest BCUT2D eigenvalue weighted by Crippen LogP contribution is 2.24. The van der Waals surface area contributed by atoms with E-state index in [0.717, 1.165) is 11.1 Å². The average Bonchev–Trinajstić information content (AvgIpc) is 2.56. The highest BCUT2D eigenvalue weighted by atomic mass is 35.5. The number of methoxy groups -OCH3 is 2. The second kappa shape index (κ2) is 8.81. The molecule has 0 spiro atoms. The number of amides is 1. The molecular formula is C18H19Cl2NO3. The lowest BCUT2D eigenvalue weighted by atomic mass is 10.1. The smallest absolute Gasteiger partial charge is 0.224 e. The summed E-state index contributed by atoms with van der Waals surface area (Å²) in [6.45, 7) is 0.493. The summed E-state index contributed by atoms with van der Waals surface area (Å²) < 4.78 is 10.5. The molecule has 24 heavy (non-hydrogen) atoms. The molecule has 0 unspecified atom stereocenters. The van der Waals surface area contributed by atoms with Crippen LogP contribution in [0.25, 0.3) is 0 Å². The van der Waals surface area contributed by atoms with Gasteiger partial charge in [0.2, 0.25) is 5.91 Å². The Kier molecular flexibility index (Phi) is 6.76. The Bertz CT molecular complexity index is 719. The van der Waals surface area contributed by atoms with Crippen LogP contribution in [0.5, 0.6) is 11.5 Å². The molecule has 0 aliphatic rings. The van der Waals surface area contributed by atoms with Crippen molar-refractivity contribution < 1.29 is 14.3 Å². The fourth-order valence-corrected chi connectivity index (χ4v) is 2.82. The first-order valence-electron chi connectivity index (χ1n) is 7.45. The fraction of sp³-hybridized carbons (Fsp3) is 0.278. The molecule has 0 fully saturated rings. The lowest BCUT2D eigenvalue weighted by molar-refractivity contribution is -0.120. The Morgan fingerprint density at radius 2 is 1.83 bits per heavy atom. The van der Waals surface area contributed by atoms with E-state index in [0.29, 0.717) is 34.5 Å². The first-order chi connectivity index (χ1) is 11.5. The molecule has 0 saturated heterocycles. The van der Waals surface area contributed by atoms with Gasteiger partial charge < -0.3 is 14.8 Å². The van der Waals surface area contributed by atoms with E-state index in [1.54, 1.807) is 44.6 Å². The first kappa shape index (κ1) is 18.4. The third-order valence-electron chi connectivity index (χ3n) is 3.57.